The van der Waals surface area contributed by atoms with Crippen LogP contribution in [0.15, 0.2) is 36.4 Å². The highest BCUT2D eigenvalue weighted by Crippen LogP contribution is 2.23. The average molecular weight is 380 g/mol. The maximum Gasteiger partial charge on any atom is 0.320 e. The lowest BCUT2D eigenvalue weighted by atomic mass is 9.96. The Morgan fingerprint density at radius 2 is 1.54 bits per heavy atom. The Balaban J connectivity index is 1.28. The molecule has 2 heterocycles. The van der Waals surface area contributed by atoms with E-state index in [0.717, 1.165) is 31.6 Å². The highest BCUT2D eigenvalue weighted by atomic mass is 16.2. The number of nitrogens with one attached hydrogen (secondary N) is 3. The highest BCUT2D eigenvalue weighted by molar-refractivity contribution is 5.88. The second-order valence-corrected chi connectivity index (χ2v) is 7.60. The van der Waals surface area contributed by atoms with Crippen LogP contribution in [0.3, 0.4) is 0 Å². The van der Waals surface area contributed by atoms with Gasteiger partial charge in [0.15, 0.2) is 11.6 Å². The first-order chi connectivity index (χ1) is 13.8. The topological polar surface area (TPSA) is 82.2 Å². The number of rotatable bonds is 5. The molecule has 28 heavy (non-hydrogen) atoms. The summed E-state index contributed by atoms with van der Waals surface area (Å²) in [5.41, 5.74) is 2.23. The minimum atomic E-state index is -0.209. The summed E-state index contributed by atoms with van der Waals surface area (Å²) >= 11 is 0. The standard InChI is InChI=1S/C21H28N6O/c28-21(23-16-6-2-1-3-7-16)24-20-13-12-19(25-26-20)22-17-8-10-18(11-9-17)27-14-4-5-15-27/h8-13,16H,1-7,14-15H2,(H,22,25)(H2,23,24,26,28). The molecule has 1 saturated carbocycles. The zero-order valence-corrected chi connectivity index (χ0v) is 16.2. The summed E-state index contributed by atoms with van der Waals surface area (Å²) in [5, 5.41) is 17.3. The molecule has 3 N–H and O–H groups in total. The van der Waals surface area contributed by atoms with Gasteiger partial charge in [0.1, 0.15) is 0 Å². The third kappa shape index (κ3) is 4.91. The first-order valence-corrected chi connectivity index (χ1v) is 10.3. The number of hydrogen-bond acceptors (Lipinski definition) is 5. The molecule has 4 rings (SSSR count). The monoisotopic (exact) mass is 380 g/mol. The van der Waals surface area contributed by atoms with E-state index in [1.54, 1.807) is 6.07 Å². The van der Waals surface area contributed by atoms with Crippen LogP contribution in [0.1, 0.15) is 44.9 Å². The van der Waals surface area contributed by atoms with Gasteiger partial charge < -0.3 is 15.5 Å². The van der Waals surface area contributed by atoms with Gasteiger partial charge in [0.05, 0.1) is 0 Å². The van der Waals surface area contributed by atoms with Crippen LogP contribution in [-0.4, -0.2) is 35.4 Å². The van der Waals surface area contributed by atoms with E-state index in [1.807, 2.05) is 6.07 Å². The molecule has 2 fully saturated rings. The van der Waals surface area contributed by atoms with E-state index in [-0.39, 0.29) is 12.1 Å². The molecule has 2 amide bonds. The Hall–Kier alpha value is -2.83. The van der Waals surface area contributed by atoms with Crippen molar-refractivity contribution in [3.63, 3.8) is 0 Å². The summed E-state index contributed by atoms with van der Waals surface area (Å²) in [5.74, 6) is 1.09. The molecule has 0 unspecified atom stereocenters. The number of carbonyl (C=O) groups excluding carboxylic acids is 1. The van der Waals surface area contributed by atoms with Crippen molar-refractivity contribution in [2.45, 2.75) is 51.0 Å². The van der Waals surface area contributed by atoms with Gasteiger partial charge in [0.25, 0.3) is 0 Å². The van der Waals surface area contributed by atoms with Crippen molar-refractivity contribution >= 4 is 29.0 Å². The molecule has 1 aliphatic carbocycles. The number of benzene rings is 1. The number of aromatic nitrogens is 2. The maximum atomic E-state index is 12.1. The second-order valence-electron chi connectivity index (χ2n) is 7.60. The Bertz CT molecular complexity index is 764. The molecule has 2 aromatic rings. The predicted molar refractivity (Wildman–Crippen MR) is 112 cm³/mol. The Morgan fingerprint density at radius 3 is 2.21 bits per heavy atom. The van der Waals surface area contributed by atoms with Gasteiger partial charge in [-0.15, -0.1) is 10.2 Å². The zero-order valence-electron chi connectivity index (χ0n) is 16.2. The van der Waals surface area contributed by atoms with Crippen LogP contribution in [-0.2, 0) is 0 Å². The summed E-state index contributed by atoms with van der Waals surface area (Å²) in [7, 11) is 0. The maximum absolute atomic E-state index is 12.1. The van der Waals surface area contributed by atoms with Crippen LogP contribution in [0.2, 0.25) is 0 Å². The van der Waals surface area contributed by atoms with Crippen molar-refractivity contribution in [3.05, 3.63) is 36.4 Å². The van der Waals surface area contributed by atoms with Crippen LogP contribution in [0.4, 0.5) is 27.8 Å². The van der Waals surface area contributed by atoms with Crippen LogP contribution >= 0.6 is 0 Å². The molecule has 148 valence electrons. The molecule has 1 aromatic carbocycles. The van der Waals surface area contributed by atoms with Gasteiger partial charge in [0.2, 0.25) is 0 Å². The smallest absolute Gasteiger partial charge is 0.320 e. The summed E-state index contributed by atoms with van der Waals surface area (Å²) in [6.07, 6.45) is 8.29. The fourth-order valence-electron chi connectivity index (χ4n) is 3.93. The minimum absolute atomic E-state index is 0.209. The van der Waals surface area contributed by atoms with Crippen molar-refractivity contribution < 1.29 is 4.79 Å². The molecule has 1 saturated heterocycles. The number of carbonyl (C=O) groups is 1. The zero-order chi connectivity index (χ0) is 19.2. The predicted octanol–water partition coefficient (Wildman–Crippen LogP) is 4.27. The van der Waals surface area contributed by atoms with Crippen molar-refractivity contribution in [2.24, 2.45) is 0 Å². The molecule has 0 spiro atoms. The first kappa shape index (κ1) is 18.5. The van der Waals surface area contributed by atoms with E-state index in [1.165, 1.54) is 37.8 Å². The minimum Gasteiger partial charge on any atom is -0.372 e. The molecule has 0 atom stereocenters. The van der Waals surface area contributed by atoms with Crippen molar-refractivity contribution in [3.8, 4) is 0 Å². The van der Waals surface area contributed by atoms with Gasteiger partial charge in [0, 0.05) is 30.5 Å². The number of nitrogens with zero attached hydrogens (tertiary/aromatic N) is 3. The Morgan fingerprint density at radius 1 is 0.857 bits per heavy atom. The lowest BCUT2D eigenvalue weighted by molar-refractivity contribution is 0.244. The molecule has 0 bridgehead atoms. The van der Waals surface area contributed by atoms with Gasteiger partial charge in [-0.25, -0.2) is 4.79 Å². The summed E-state index contributed by atoms with van der Waals surface area (Å²) in [4.78, 5) is 14.5. The lowest BCUT2D eigenvalue weighted by Crippen LogP contribution is -2.39. The molecule has 7 heteroatoms. The highest BCUT2D eigenvalue weighted by Gasteiger charge is 2.16. The number of anilines is 4. The normalized spacial score (nSPS) is 17.4. The number of urea groups is 1. The molecule has 0 radical (unpaired) electrons. The van der Waals surface area contributed by atoms with Crippen molar-refractivity contribution in [2.75, 3.05) is 28.6 Å². The van der Waals surface area contributed by atoms with Gasteiger partial charge in [-0.2, -0.15) is 0 Å². The fraction of sp³-hybridized carbons (Fsp3) is 0.476. The van der Waals surface area contributed by atoms with E-state index in [4.69, 9.17) is 0 Å². The van der Waals surface area contributed by atoms with E-state index in [2.05, 4.69) is 55.3 Å². The molecule has 1 aliphatic heterocycles. The van der Waals surface area contributed by atoms with Crippen LogP contribution < -0.4 is 20.9 Å². The van der Waals surface area contributed by atoms with Gasteiger partial charge in [-0.1, -0.05) is 19.3 Å². The Labute approximate surface area is 165 Å². The van der Waals surface area contributed by atoms with Gasteiger partial charge >= 0.3 is 6.03 Å². The SMILES string of the molecule is O=C(Nc1ccc(Nc2ccc(N3CCCC3)cc2)nn1)NC1CCCCC1. The van der Waals surface area contributed by atoms with Crippen LogP contribution in [0.25, 0.3) is 0 Å². The van der Waals surface area contributed by atoms with Crippen LogP contribution in [0, 0.1) is 0 Å². The lowest BCUT2D eigenvalue weighted by Gasteiger charge is -2.22. The quantitative estimate of drug-likeness (QED) is 0.721. The fourth-order valence-corrected chi connectivity index (χ4v) is 3.93. The average Bonchev–Trinajstić information content (AvgIpc) is 3.26. The van der Waals surface area contributed by atoms with Crippen molar-refractivity contribution in [1.82, 2.24) is 15.5 Å². The van der Waals surface area contributed by atoms with E-state index >= 15 is 0 Å². The van der Waals surface area contributed by atoms with E-state index < -0.39 is 0 Å². The molecule has 2 aliphatic rings. The van der Waals surface area contributed by atoms with Gasteiger partial charge in [-0.3, -0.25) is 5.32 Å². The number of amides is 2. The second kappa shape index (κ2) is 8.91. The van der Waals surface area contributed by atoms with Crippen molar-refractivity contribution in [1.29, 1.82) is 0 Å². The van der Waals surface area contributed by atoms with E-state index in [0.29, 0.717) is 11.6 Å². The molecular weight excluding hydrogens is 352 g/mol. The Kier molecular flexibility index (Phi) is 5.89. The van der Waals surface area contributed by atoms with Gasteiger partial charge in [-0.05, 0) is 62.1 Å². The third-order valence-electron chi connectivity index (χ3n) is 5.46. The largest absolute Gasteiger partial charge is 0.372 e. The third-order valence-corrected chi connectivity index (χ3v) is 5.46. The first-order valence-electron chi connectivity index (χ1n) is 10.3. The molecule has 1 aromatic heterocycles. The molecule has 7 nitrogen and oxygen atoms in total. The van der Waals surface area contributed by atoms with E-state index in [9.17, 15) is 4.79 Å². The van der Waals surface area contributed by atoms with Crippen LogP contribution in [0.5, 0.6) is 0 Å². The number of hydrogen-bond donors (Lipinski definition) is 3. The summed E-state index contributed by atoms with van der Waals surface area (Å²) in [6.45, 7) is 2.28. The molecular formula is C21H28N6O. The summed E-state index contributed by atoms with van der Waals surface area (Å²) in [6, 6.07) is 12.0. The summed E-state index contributed by atoms with van der Waals surface area (Å²) < 4.78 is 0.